The molecule has 0 aliphatic carbocycles. The second-order valence-corrected chi connectivity index (χ2v) is 1.95. The van der Waals surface area contributed by atoms with Crippen LogP contribution in [0.2, 0.25) is 0 Å². The summed E-state index contributed by atoms with van der Waals surface area (Å²) in [6, 6.07) is 0. The van der Waals surface area contributed by atoms with Gasteiger partial charge in [-0.05, 0) is 18.9 Å². The molecule has 0 spiro atoms. The van der Waals surface area contributed by atoms with Crippen LogP contribution in [0.3, 0.4) is 0 Å². The molecule has 2 nitrogen and oxygen atoms in total. The third-order valence-corrected chi connectivity index (χ3v) is 1.12. The van der Waals surface area contributed by atoms with Crippen LogP contribution in [0.15, 0.2) is 11.8 Å². The maximum absolute atomic E-state index is 10.3. The summed E-state index contributed by atoms with van der Waals surface area (Å²) in [7, 11) is 0. The molecule has 0 fully saturated rings. The molecular formula is C6H8O2. The lowest BCUT2D eigenvalue weighted by molar-refractivity contribution is -0.138. The van der Waals surface area contributed by atoms with E-state index < -0.39 is 0 Å². The van der Waals surface area contributed by atoms with Gasteiger partial charge in [0.15, 0.2) is 0 Å². The highest BCUT2D eigenvalue weighted by atomic mass is 16.5. The summed E-state index contributed by atoms with van der Waals surface area (Å²) < 4.78 is 4.59. The second-order valence-electron chi connectivity index (χ2n) is 1.95. The van der Waals surface area contributed by atoms with E-state index in [4.69, 9.17) is 0 Å². The zero-order chi connectivity index (χ0) is 5.98. The van der Waals surface area contributed by atoms with Gasteiger partial charge in [0.25, 0.3) is 0 Å². The van der Waals surface area contributed by atoms with Crippen LogP contribution >= 0.6 is 0 Å². The molecule has 44 valence electrons. The van der Waals surface area contributed by atoms with Gasteiger partial charge in [0.05, 0.1) is 6.26 Å². The molecule has 1 aliphatic rings. The van der Waals surface area contributed by atoms with Crippen LogP contribution in [0, 0.1) is 0 Å². The standard InChI is InChI=1S/C6H8O2/c1-5-2-3-6(7)8-4-5/h4H,2-3H2,1H3. The first-order valence-corrected chi connectivity index (χ1v) is 2.64. The fourth-order valence-electron chi connectivity index (χ4n) is 0.583. The van der Waals surface area contributed by atoms with Crippen LogP contribution in [0.4, 0.5) is 0 Å². The monoisotopic (exact) mass is 112 g/mol. The van der Waals surface area contributed by atoms with Gasteiger partial charge < -0.3 is 4.74 Å². The first kappa shape index (κ1) is 5.35. The minimum atomic E-state index is -0.115. The summed E-state index contributed by atoms with van der Waals surface area (Å²) >= 11 is 0. The summed E-state index contributed by atoms with van der Waals surface area (Å²) in [5.41, 5.74) is 1.14. The summed E-state index contributed by atoms with van der Waals surface area (Å²) in [6.07, 6.45) is 2.92. The molecule has 0 atom stereocenters. The quantitative estimate of drug-likeness (QED) is 0.440. The molecule has 0 aromatic carbocycles. The van der Waals surface area contributed by atoms with E-state index in [9.17, 15) is 4.79 Å². The van der Waals surface area contributed by atoms with Crippen LogP contribution in [-0.2, 0) is 9.53 Å². The molecule has 0 saturated heterocycles. The predicted octanol–water partition coefficient (Wildman–Crippen LogP) is 1.23. The zero-order valence-electron chi connectivity index (χ0n) is 4.81. The molecule has 1 rings (SSSR count). The van der Waals surface area contributed by atoms with E-state index in [1.54, 1.807) is 0 Å². The summed E-state index contributed by atoms with van der Waals surface area (Å²) in [4.78, 5) is 10.3. The molecule has 0 bridgehead atoms. The highest BCUT2D eigenvalue weighted by molar-refractivity contribution is 5.71. The Morgan fingerprint density at radius 1 is 1.62 bits per heavy atom. The summed E-state index contributed by atoms with van der Waals surface area (Å²) in [6.45, 7) is 1.95. The number of carbonyl (C=O) groups excluding carboxylic acids is 1. The van der Waals surface area contributed by atoms with Crippen molar-refractivity contribution in [2.75, 3.05) is 0 Å². The zero-order valence-corrected chi connectivity index (χ0v) is 4.81. The van der Waals surface area contributed by atoms with Crippen molar-refractivity contribution in [1.29, 1.82) is 0 Å². The Morgan fingerprint density at radius 3 is 2.75 bits per heavy atom. The van der Waals surface area contributed by atoms with Crippen molar-refractivity contribution >= 4 is 5.97 Å². The Bertz CT molecular complexity index is 135. The summed E-state index contributed by atoms with van der Waals surface area (Å²) in [5.74, 6) is -0.115. The van der Waals surface area contributed by atoms with Crippen LogP contribution in [0.25, 0.3) is 0 Å². The summed E-state index contributed by atoms with van der Waals surface area (Å²) in [5, 5.41) is 0. The van der Waals surface area contributed by atoms with Gasteiger partial charge in [-0.1, -0.05) is 0 Å². The van der Waals surface area contributed by atoms with E-state index in [1.165, 1.54) is 6.26 Å². The average molecular weight is 112 g/mol. The number of hydrogen-bond acceptors (Lipinski definition) is 2. The number of cyclic esters (lactones) is 1. The van der Waals surface area contributed by atoms with E-state index in [0.717, 1.165) is 12.0 Å². The lowest BCUT2D eigenvalue weighted by Gasteiger charge is -2.06. The van der Waals surface area contributed by atoms with Crippen LogP contribution in [0.5, 0.6) is 0 Å². The second kappa shape index (κ2) is 1.99. The maximum Gasteiger partial charge on any atom is 0.310 e. The topological polar surface area (TPSA) is 26.3 Å². The fraction of sp³-hybridized carbons (Fsp3) is 0.500. The minimum absolute atomic E-state index is 0.115. The number of carbonyl (C=O) groups is 1. The SMILES string of the molecule is CC1=COC(=O)CC1. The highest BCUT2D eigenvalue weighted by Gasteiger charge is 2.06. The molecule has 1 heterocycles. The molecular weight excluding hydrogens is 104 g/mol. The number of esters is 1. The van der Waals surface area contributed by atoms with Gasteiger partial charge in [0, 0.05) is 6.42 Å². The highest BCUT2D eigenvalue weighted by Crippen LogP contribution is 2.10. The van der Waals surface area contributed by atoms with E-state index in [2.05, 4.69) is 4.74 Å². The van der Waals surface area contributed by atoms with Gasteiger partial charge in [-0.3, -0.25) is 4.79 Å². The predicted molar refractivity (Wildman–Crippen MR) is 29.1 cm³/mol. The van der Waals surface area contributed by atoms with Crippen molar-refractivity contribution in [3.05, 3.63) is 11.8 Å². The van der Waals surface area contributed by atoms with E-state index in [1.807, 2.05) is 6.92 Å². The Balaban J connectivity index is 2.55. The largest absolute Gasteiger partial charge is 0.435 e. The lowest BCUT2D eigenvalue weighted by Crippen LogP contribution is -2.04. The van der Waals surface area contributed by atoms with Crippen LogP contribution in [-0.4, -0.2) is 5.97 Å². The van der Waals surface area contributed by atoms with Gasteiger partial charge in [0.1, 0.15) is 0 Å². The van der Waals surface area contributed by atoms with Crippen LogP contribution in [0.1, 0.15) is 19.8 Å². The van der Waals surface area contributed by atoms with Crippen LogP contribution < -0.4 is 0 Å². The molecule has 1 aliphatic heterocycles. The van der Waals surface area contributed by atoms with Crippen molar-refractivity contribution in [3.63, 3.8) is 0 Å². The van der Waals surface area contributed by atoms with Crippen molar-refractivity contribution in [2.45, 2.75) is 19.8 Å². The van der Waals surface area contributed by atoms with Gasteiger partial charge in [-0.2, -0.15) is 0 Å². The molecule has 8 heavy (non-hydrogen) atoms. The minimum Gasteiger partial charge on any atom is -0.435 e. The van der Waals surface area contributed by atoms with E-state index >= 15 is 0 Å². The van der Waals surface area contributed by atoms with Gasteiger partial charge in [-0.15, -0.1) is 0 Å². The van der Waals surface area contributed by atoms with Gasteiger partial charge in [0.2, 0.25) is 0 Å². The first-order chi connectivity index (χ1) is 3.79. The smallest absolute Gasteiger partial charge is 0.310 e. The van der Waals surface area contributed by atoms with Gasteiger partial charge >= 0.3 is 5.97 Å². The van der Waals surface area contributed by atoms with Crippen molar-refractivity contribution in [1.82, 2.24) is 0 Å². The van der Waals surface area contributed by atoms with E-state index in [-0.39, 0.29) is 5.97 Å². The third kappa shape index (κ3) is 1.09. The Labute approximate surface area is 48.1 Å². The Hall–Kier alpha value is -0.790. The molecule has 0 aromatic heterocycles. The normalized spacial score (nSPS) is 19.6. The molecule has 0 unspecified atom stereocenters. The average Bonchev–Trinajstić information content (AvgIpc) is 1.77. The molecule has 0 N–H and O–H groups in total. The first-order valence-electron chi connectivity index (χ1n) is 2.64. The fourth-order valence-corrected chi connectivity index (χ4v) is 0.583. The molecule has 0 amide bonds. The van der Waals surface area contributed by atoms with Gasteiger partial charge in [-0.25, -0.2) is 0 Å². The maximum atomic E-state index is 10.3. The number of ether oxygens (including phenoxy) is 1. The molecule has 0 aromatic rings. The number of hydrogen-bond donors (Lipinski definition) is 0. The lowest BCUT2D eigenvalue weighted by atomic mass is 10.2. The molecule has 2 heteroatoms. The number of allylic oxidation sites excluding steroid dienone is 1. The molecule has 0 saturated carbocycles. The Kier molecular flexibility index (Phi) is 1.33. The van der Waals surface area contributed by atoms with E-state index in [0.29, 0.717) is 6.42 Å². The molecule has 0 radical (unpaired) electrons. The number of rotatable bonds is 0. The van der Waals surface area contributed by atoms with Crippen molar-refractivity contribution in [2.24, 2.45) is 0 Å². The van der Waals surface area contributed by atoms with Crippen molar-refractivity contribution in [3.8, 4) is 0 Å². The third-order valence-electron chi connectivity index (χ3n) is 1.12. The Morgan fingerprint density at radius 2 is 2.38 bits per heavy atom. The van der Waals surface area contributed by atoms with Crippen molar-refractivity contribution < 1.29 is 9.53 Å².